The first-order valence-electron chi connectivity index (χ1n) is 27.3. The van der Waals surface area contributed by atoms with Crippen molar-refractivity contribution in [3.05, 3.63) is 11.6 Å². The van der Waals surface area contributed by atoms with Crippen LogP contribution in [0.3, 0.4) is 0 Å². The van der Waals surface area contributed by atoms with Gasteiger partial charge in [-0.3, -0.25) is 0 Å². The lowest BCUT2D eigenvalue weighted by Gasteiger charge is -2.63. The van der Waals surface area contributed by atoms with E-state index in [1.54, 1.807) is 6.92 Å². The van der Waals surface area contributed by atoms with Crippen molar-refractivity contribution in [3.63, 3.8) is 0 Å². The van der Waals surface area contributed by atoms with Gasteiger partial charge < -0.3 is 104 Å². The molecule has 0 aromatic carbocycles. The number of ether oxygens (including phenoxy) is 8. The third kappa shape index (κ3) is 9.51. The molecule has 9 aliphatic rings. The van der Waals surface area contributed by atoms with Crippen molar-refractivity contribution in [1.29, 1.82) is 0 Å². The minimum absolute atomic E-state index is 0.00873. The summed E-state index contributed by atoms with van der Waals surface area (Å²) in [7, 11) is 0. The van der Waals surface area contributed by atoms with E-state index in [4.69, 9.17) is 37.9 Å². The SMILES string of the molecule is C/C(=C/C[C@H](O)[C@@H](C)[C@H]1CC[C@@]2(C)[C@@H]3CC[C@H]4C(C)(C)[C@@H](O[C@@H]5O[C@@H](C)[C@H](O[C@@H]6O[C@H](CO)[C@@H](O)[C@H](O)[C@H]6O)[C@H](O)[C@H]5O)CC[C@@]45C[C@@]35CC[C@]12C)CO[C@@H]1O[C@H](CO[C@@H]2OC[C@@H](O)[C@H](O)[C@H]2O)[C@@H](O)[C@H](O)[C@H]1O. The van der Waals surface area contributed by atoms with Gasteiger partial charge in [-0.2, -0.15) is 0 Å². The van der Waals surface area contributed by atoms with E-state index in [1.165, 1.54) is 6.42 Å². The van der Waals surface area contributed by atoms with Gasteiger partial charge in [-0.05, 0) is 129 Å². The molecule has 9 rings (SSSR count). The summed E-state index contributed by atoms with van der Waals surface area (Å²) in [5.41, 5.74) is 1.01. The number of hydrogen-bond acceptors (Lipinski definition) is 21. The highest BCUT2D eigenvalue weighted by Gasteiger charge is 2.82. The van der Waals surface area contributed by atoms with Crippen LogP contribution in [0.4, 0.5) is 0 Å². The Morgan fingerprint density at radius 1 is 0.622 bits per heavy atom. The smallest absolute Gasteiger partial charge is 0.187 e. The highest BCUT2D eigenvalue weighted by molar-refractivity contribution is 5.31. The number of aliphatic hydroxyl groups excluding tert-OH is 13. The standard InChI is InChI=1S/C53H88O21/c1-23(19-67-46-41(64)38(61)36(59)30(72-46)21-69-45-40(63)34(57)28(56)20-68-45)8-9-27(55)24(2)26-12-14-51(7)32-11-10-31-49(4,5)33(13-15-52(31)22-53(32,52)17-16-50(26,51)6)73-47-43(66)39(62)44(25(3)70-47)74-48-42(65)37(60)35(58)29(18-54)71-48/h8,24-48,54-66H,9-22H2,1-7H3/b23-8-/t24-,25-,26+,27-,28+,29+,30+,31-,32-,33-,34-,35+,36+,37-,38-,39+,40+,41+,42+,43+,44-,45-,46+,47-,48-,50+,51-,52+,53-/m0/s1. The normalized spacial score (nSPS) is 54.1. The summed E-state index contributed by atoms with van der Waals surface area (Å²) < 4.78 is 46.7. The summed E-state index contributed by atoms with van der Waals surface area (Å²) in [4.78, 5) is 0. The van der Waals surface area contributed by atoms with E-state index in [0.29, 0.717) is 24.2 Å². The first kappa shape index (κ1) is 57.6. The van der Waals surface area contributed by atoms with Crippen LogP contribution < -0.4 is 0 Å². The monoisotopic (exact) mass is 1060 g/mol. The molecule has 0 aromatic rings. The van der Waals surface area contributed by atoms with Crippen LogP contribution in [0.1, 0.15) is 113 Å². The average Bonchev–Trinajstić information content (AvgIpc) is 3.95. The first-order chi connectivity index (χ1) is 34.8. The van der Waals surface area contributed by atoms with Gasteiger partial charge in [0.05, 0.1) is 44.7 Å². The van der Waals surface area contributed by atoms with E-state index >= 15 is 0 Å². The van der Waals surface area contributed by atoms with Crippen molar-refractivity contribution in [2.24, 2.45) is 50.7 Å². The number of hydrogen-bond donors (Lipinski definition) is 13. The molecule has 0 radical (unpaired) electrons. The second kappa shape index (κ2) is 21.4. The molecule has 74 heavy (non-hydrogen) atoms. The van der Waals surface area contributed by atoms with Gasteiger partial charge in [-0.1, -0.05) is 46.3 Å². The molecule has 0 aromatic heterocycles. The summed E-state index contributed by atoms with van der Waals surface area (Å²) in [6.07, 6.45) is -15.9. The van der Waals surface area contributed by atoms with Crippen LogP contribution in [0.5, 0.6) is 0 Å². The third-order valence-electron chi connectivity index (χ3n) is 21.3. The molecule has 0 unspecified atom stereocenters. The molecule has 13 N–H and O–H groups in total. The Labute approximate surface area is 433 Å². The average molecular weight is 1060 g/mol. The van der Waals surface area contributed by atoms with Gasteiger partial charge in [0.25, 0.3) is 0 Å². The lowest BCUT2D eigenvalue weighted by atomic mass is 9.41. The minimum Gasteiger partial charge on any atom is -0.394 e. The number of fused-ring (bicyclic) bond motifs is 2. The Morgan fingerprint density at radius 3 is 1.93 bits per heavy atom. The zero-order valence-corrected chi connectivity index (χ0v) is 44.0. The lowest BCUT2D eigenvalue weighted by Crippen LogP contribution is -2.64. The molecule has 9 fully saturated rings. The summed E-state index contributed by atoms with van der Waals surface area (Å²) in [5, 5.41) is 137. The molecule has 4 heterocycles. The van der Waals surface area contributed by atoms with Gasteiger partial charge in [0, 0.05) is 0 Å². The fourth-order valence-electron chi connectivity index (χ4n) is 16.6. The second-order valence-corrected chi connectivity index (χ2v) is 25.2. The number of rotatable bonds is 15. The van der Waals surface area contributed by atoms with Gasteiger partial charge in [-0.15, -0.1) is 0 Å². The summed E-state index contributed by atoms with van der Waals surface area (Å²) in [6.45, 7) is 13.9. The van der Waals surface area contributed by atoms with Crippen LogP contribution in [-0.4, -0.2) is 222 Å². The van der Waals surface area contributed by atoms with Crippen molar-refractivity contribution in [1.82, 2.24) is 0 Å². The molecule has 29 atom stereocenters. The predicted octanol–water partition coefficient (Wildman–Crippen LogP) is -0.924. The van der Waals surface area contributed by atoms with Gasteiger partial charge in [0.1, 0.15) is 85.5 Å². The third-order valence-corrected chi connectivity index (χ3v) is 21.3. The zero-order valence-electron chi connectivity index (χ0n) is 44.0. The lowest BCUT2D eigenvalue weighted by molar-refractivity contribution is -0.363. The van der Waals surface area contributed by atoms with E-state index < -0.39 is 129 Å². The fourth-order valence-corrected chi connectivity index (χ4v) is 16.6. The summed E-state index contributed by atoms with van der Waals surface area (Å²) in [5.74, 6) is 1.25. The van der Waals surface area contributed by atoms with Crippen molar-refractivity contribution in [2.75, 3.05) is 26.4 Å². The Bertz CT molecular complexity index is 1960. The van der Waals surface area contributed by atoms with Crippen LogP contribution in [0.2, 0.25) is 0 Å². The summed E-state index contributed by atoms with van der Waals surface area (Å²) in [6, 6.07) is 0. The second-order valence-electron chi connectivity index (χ2n) is 25.2. The zero-order chi connectivity index (χ0) is 53.8. The Hall–Kier alpha value is -1.10. The van der Waals surface area contributed by atoms with E-state index in [9.17, 15) is 66.4 Å². The Morgan fingerprint density at radius 2 is 1.23 bits per heavy atom. The maximum absolute atomic E-state index is 11.8. The van der Waals surface area contributed by atoms with Crippen molar-refractivity contribution in [3.8, 4) is 0 Å². The van der Waals surface area contributed by atoms with Crippen LogP contribution in [0, 0.1) is 50.7 Å². The molecule has 4 aliphatic heterocycles. The summed E-state index contributed by atoms with van der Waals surface area (Å²) >= 11 is 0. The first-order valence-corrected chi connectivity index (χ1v) is 27.3. The van der Waals surface area contributed by atoms with E-state index in [0.717, 1.165) is 56.9 Å². The molecule has 2 spiro atoms. The van der Waals surface area contributed by atoms with Gasteiger partial charge in [-0.25, -0.2) is 0 Å². The van der Waals surface area contributed by atoms with Crippen LogP contribution in [-0.2, 0) is 37.9 Å². The van der Waals surface area contributed by atoms with E-state index in [-0.39, 0.29) is 58.9 Å². The Kier molecular flexibility index (Phi) is 16.7. The van der Waals surface area contributed by atoms with Crippen LogP contribution in [0.25, 0.3) is 0 Å². The van der Waals surface area contributed by atoms with E-state index in [1.807, 2.05) is 13.0 Å². The molecule has 426 valence electrons. The molecule has 4 saturated heterocycles. The van der Waals surface area contributed by atoms with Crippen molar-refractivity contribution in [2.45, 2.75) is 242 Å². The molecule has 21 nitrogen and oxygen atoms in total. The topological polar surface area (TPSA) is 337 Å². The van der Waals surface area contributed by atoms with Gasteiger partial charge >= 0.3 is 0 Å². The molecular formula is C53H88O21. The maximum atomic E-state index is 11.8. The number of aliphatic hydroxyl groups is 13. The highest BCUT2D eigenvalue weighted by atomic mass is 16.7. The molecular weight excluding hydrogens is 973 g/mol. The quantitative estimate of drug-likeness (QED) is 0.0696. The van der Waals surface area contributed by atoms with Gasteiger partial charge in [0.15, 0.2) is 25.2 Å². The van der Waals surface area contributed by atoms with E-state index in [2.05, 4.69) is 34.6 Å². The molecule has 5 aliphatic carbocycles. The van der Waals surface area contributed by atoms with Crippen LogP contribution >= 0.6 is 0 Å². The minimum atomic E-state index is -1.68. The fraction of sp³-hybridized carbons (Fsp3) is 0.962. The van der Waals surface area contributed by atoms with Crippen molar-refractivity contribution < 1.29 is 104 Å². The van der Waals surface area contributed by atoms with Crippen LogP contribution in [0.15, 0.2) is 11.6 Å². The molecule has 5 saturated carbocycles. The van der Waals surface area contributed by atoms with Crippen molar-refractivity contribution >= 4 is 0 Å². The Balaban J connectivity index is 0.778. The molecule has 0 bridgehead atoms. The molecule has 0 amide bonds. The van der Waals surface area contributed by atoms with Gasteiger partial charge in [0.2, 0.25) is 0 Å². The highest BCUT2D eigenvalue weighted by Crippen LogP contribution is 2.89. The maximum Gasteiger partial charge on any atom is 0.187 e. The largest absolute Gasteiger partial charge is 0.394 e. The predicted molar refractivity (Wildman–Crippen MR) is 257 cm³/mol. The molecule has 21 heteroatoms.